The Morgan fingerprint density at radius 2 is 1.70 bits per heavy atom. The highest BCUT2D eigenvalue weighted by molar-refractivity contribution is 6.30. The SMILES string of the molecule is CC(C)(C)c1ccc(/C(=C\C(=O)N2CCCC2)c2ccc(Cl)c(=O)[nH]2)cc1. The number of likely N-dealkylation sites (tertiary alicyclic amines) is 1. The number of hydrogen-bond donors (Lipinski definition) is 1. The predicted molar refractivity (Wildman–Crippen MR) is 110 cm³/mol. The molecule has 27 heavy (non-hydrogen) atoms. The molecule has 3 rings (SSSR count). The highest BCUT2D eigenvalue weighted by Crippen LogP contribution is 2.27. The molecule has 1 aliphatic heterocycles. The summed E-state index contributed by atoms with van der Waals surface area (Å²) in [7, 11) is 0. The summed E-state index contributed by atoms with van der Waals surface area (Å²) in [5.41, 5.74) is 3.05. The second-order valence-electron chi connectivity index (χ2n) is 7.97. The van der Waals surface area contributed by atoms with Crippen molar-refractivity contribution in [3.05, 3.63) is 74.7 Å². The Kier molecular flexibility index (Phi) is 5.56. The van der Waals surface area contributed by atoms with E-state index in [9.17, 15) is 9.59 Å². The van der Waals surface area contributed by atoms with Crippen molar-refractivity contribution in [1.29, 1.82) is 0 Å². The number of carbonyl (C=O) groups is 1. The quantitative estimate of drug-likeness (QED) is 0.798. The number of nitrogens with zero attached hydrogens (tertiary/aromatic N) is 1. The maximum absolute atomic E-state index is 12.7. The molecule has 1 aliphatic rings. The zero-order valence-electron chi connectivity index (χ0n) is 16.0. The number of aromatic amines is 1. The number of carbonyl (C=O) groups excluding carboxylic acids is 1. The Hall–Kier alpha value is -2.33. The molecule has 2 heterocycles. The fourth-order valence-electron chi connectivity index (χ4n) is 3.23. The molecule has 1 amide bonds. The first-order valence-electron chi connectivity index (χ1n) is 9.26. The monoisotopic (exact) mass is 384 g/mol. The lowest BCUT2D eigenvalue weighted by atomic mass is 9.86. The van der Waals surface area contributed by atoms with Crippen LogP contribution in [-0.2, 0) is 10.2 Å². The van der Waals surface area contributed by atoms with Crippen LogP contribution >= 0.6 is 11.6 Å². The molecule has 1 N–H and O–H groups in total. The number of hydrogen-bond acceptors (Lipinski definition) is 2. The number of H-pyrrole nitrogens is 1. The molecule has 0 spiro atoms. The molecule has 0 radical (unpaired) electrons. The van der Waals surface area contributed by atoms with Gasteiger partial charge in [0.25, 0.3) is 5.56 Å². The molecule has 0 atom stereocenters. The van der Waals surface area contributed by atoms with Gasteiger partial charge in [0, 0.05) is 30.4 Å². The molecule has 4 nitrogen and oxygen atoms in total. The molecule has 2 aromatic rings. The molecule has 1 aromatic carbocycles. The third kappa shape index (κ3) is 4.51. The maximum Gasteiger partial charge on any atom is 0.267 e. The van der Waals surface area contributed by atoms with Crippen LogP contribution in [0.1, 0.15) is 50.4 Å². The van der Waals surface area contributed by atoms with Gasteiger partial charge in [0.05, 0.1) is 0 Å². The molecule has 0 aliphatic carbocycles. The molecule has 0 bridgehead atoms. The van der Waals surface area contributed by atoms with E-state index in [4.69, 9.17) is 11.6 Å². The van der Waals surface area contributed by atoms with Gasteiger partial charge in [-0.1, -0.05) is 56.6 Å². The zero-order valence-corrected chi connectivity index (χ0v) is 16.8. The van der Waals surface area contributed by atoms with Crippen LogP contribution in [0.4, 0.5) is 0 Å². The number of nitrogens with one attached hydrogen (secondary N) is 1. The number of amides is 1. The predicted octanol–water partition coefficient (Wildman–Crippen LogP) is 4.38. The van der Waals surface area contributed by atoms with Gasteiger partial charge in [-0.2, -0.15) is 0 Å². The first-order valence-corrected chi connectivity index (χ1v) is 9.64. The minimum Gasteiger partial charge on any atom is -0.339 e. The fraction of sp³-hybridized carbons (Fsp3) is 0.364. The van der Waals surface area contributed by atoms with Crippen LogP contribution in [0, 0.1) is 0 Å². The van der Waals surface area contributed by atoms with E-state index < -0.39 is 0 Å². The topological polar surface area (TPSA) is 53.2 Å². The van der Waals surface area contributed by atoms with Gasteiger partial charge in [0.2, 0.25) is 5.91 Å². The van der Waals surface area contributed by atoms with Crippen LogP contribution in [0.2, 0.25) is 5.02 Å². The van der Waals surface area contributed by atoms with Crippen molar-refractivity contribution in [3.63, 3.8) is 0 Å². The summed E-state index contributed by atoms with van der Waals surface area (Å²) in [6.45, 7) is 8.04. The Bertz CT molecular complexity index is 915. The summed E-state index contributed by atoms with van der Waals surface area (Å²) >= 11 is 5.87. The average Bonchev–Trinajstić information content (AvgIpc) is 3.16. The Balaban J connectivity index is 2.05. The Morgan fingerprint density at radius 3 is 2.26 bits per heavy atom. The van der Waals surface area contributed by atoms with Crippen molar-refractivity contribution in [2.24, 2.45) is 0 Å². The highest BCUT2D eigenvalue weighted by Gasteiger charge is 2.19. The van der Waals surface area contributed by atoms with Crippen LogP contribution < -0.4 is 5.56 Å². The highest BCUT2D eigenvalue weighted by atomic mass is 35.5. The van der Waals surface area contributed by atoms with Gasteiger partial charge in [0.15, 0.2) is 0 Å². The van der Waals surface area contributed by atoms with Crippen LogP contribution in [0.15, 0.2) is 47.3 Å². The summed E-state index contributed by atoms with van der Waals surface area (Å²) in [5.74, 6) is -0.0294. The van der Waals surface area contributed by atoms with Crippen LogP contribution in [0.25, 0.3) is 5.57 Å². The molecule has 0 saturated carbocycles. The molecular formula is C22H25ClN2O2. The fourth-order valence-corrected chi connectivity index (χ4v) is 3.34. The second kappa shape index (κ2) is 7.73. The molecule has 1 aromatic heterocycles. The minimum atomic E-state index is -0.361. The van der Waals surface area contributed by atoms with Gasteiger partial charge in [-0.05, 0) is 41.5 Å². The van der Waals surface area contributed by atoms with Gasteiger partial charge in [-0.25, -0.2) is 0 Å². The minimum absolute atomic E-state index is 0.0294. The first kappa shape index (κ1) is 19.4. The second-order valence-corrected chi connectivity index (χ2v) is 8.37. The van der Waals surface area contributed by atoms with E-state index in [1.54, 1.807) is 18.2 Å². The van der Waals surface area contributed by atoms with Gasteiger partial charge in [0.1, 0.15) is 5.02 Å². The van der Waals surface area contributed by atoms with E-state index in [2.05, 4.69) is 37.9 Å². The molecule has 1 saturated heterocycles. The van der Waals surface area contributed by atoms with Crippen LogP contribution in [0.5, 0.6) is 0 Å². The summed E-state index contributed by atoms with van der Waals surface area (Å²) < 4.78 is 0. The smallest absolute Gasteiger partial charge is 0.267 e. The van der Waals surface area contributed by atoms with Crippen molar-refractivity contribution >= 4 is 23.1 Å². The summed E-state index contributed by atoms with van der Waals surface area (Å²) in [5, 5.41) is 0.132. The number of rotatable bonds is 3. The van der Waals surface area contributed by atoms with Gasteiger partial charge < -0.3 is 9.88 Å². The third-order valence-electron chi connectivity index (χ3n) is 4.90. The lowest BCUT2D eigenvalue weighted by Crippen LogP contribution is -2.26. The molecule has 0 unspecified atom stereocenters. The lowest BCUT2D eigenvalue weighted by molar-refractivity contribution is -0.124. The lowest BCUT2D eigenvalue weighted by Gasteiger charge is -2.20. The van der Waals surface area contributed by atoms with Gasteiger partial charge in [-0.3, -0.25) is 9.59 Å². The van der Waals surface area contributed by atoms with Gasteiger partial charge in [-0.15, -0.1) is 0 Å². The van der Waals surface area contributed by atoms with Crippen molar-refractivity contribution < 1.29 is 4.79 Å². The number of aromatic nitrogens is 1. The van der Waals surface area contributed by atoms with Crippen LogP contribution in [0.3, 0.4) is 0 Å². The molecule has 1 fully saturated rings. The van der Waals surface area contributed by atoms with Crippen LogP contribution in [-0.4, -0.2) is 28.9 Å². The van der Waals surface area contributed by atoms with Crippen molar-refractivity contribution in [2.45, 2.75) is 39.0 Å². The largest absolute Gasteiger partial charge is 0.339 e. The van der Waals surface area contributed by atoms with E-state index in [0.717, 1.165) is 31.5 Å². The average molecular weight is 385 g/mol. The van der Waals surface area contributed by atoms with E-state index in [-0.39, 0.29) is 21.9 Å². The number of benzene rings is 1. The zero-order chi connectivity index (χ0) is 19.6. The normalized spacial score (nSPS) is 15.3. The Morgan fingerprint density at radius 1 is 1.07 bits per heavy atom. The van der Waals surface area contributed by atoms with Crippen molar-refractivity contribution in [2.75, 3.05) is 13.1 Å². The standard InChI is InChI=1S/C22H25ClN2O2/c1-22(2,3)16-8-6-15(7-9-16)17(14-20(26)25-12-4-5-13-25)19-11-10-18(23)21(27)24-19/h6-11,14H,4-5,12-13H2,1-3H3,(H,24,27)/b17-14+. The summed E-state index contributed by atoms with van der Waals surface area (Å²) in [6, 6.07) is 11.4. The summed E-state index contributed by atoms with van der Waals surface area (Å²) in [4.78, 5) is 29.3. The van der Waals surface area contributed by atoms with Crippen molar-refractivity contribution in [1.82, 2.24) is 9.88 Å². The van der Waals surface area contributed by atoms with Gasteiger partial charge >= 0.3 is 0 Å². The molecular weight excluding hydrogens is 360 g/mol. The summed E-state index contributed by atoms with van der Waals surface area (Å²) in [6.07, 6.45) is 3.69. The van der Waals surface area contributed by atoms with E-state index in [0.29, 0.717) is 11.3 Å². The van der Waals surface area contributed by atoms with E-state index in [1.165, 1.54) is 5.56 Å². The van der Waals surface area contributed by atoms with E-state index in [1.807, 2.05) is 17.0 Å². The molecule has 5 heteroatoms. The first-order chi connectivity index (χ1) is 12.8. The van der Waals surface area contributed by atoms with Crippen molar-refractivity contribution in [3.8, 4) is 0 Å². The third-order valence-corrected chi connectivity index (χ3v) is 5.20. The number of halogens is 1. The Labute approximate surface area is 164 Å². The maximum atomic E-state index is 12.7. The number of pyridine rings is 1. The molecule has 142 valence electrons. The van der Waals surface area contributed by atoms with E-state index >= 15 is 0 Å².